The second-order valence-electron chi connectivity index (χ2n) is 7.81. The van der Waals surface area contributed by atoms with Gasteiger partial charge in [0.05, 0.1) is 6.61 Å². The topological polar surface area (TPSA) is 81.6 Å². The van der Waals surface area contributed by atoms with Gasteiger partial charge in [0.25, 0.3) is 0 Å². The number of nitrogens with one attached hydrogen (secondary N) is 1. The number of likely N-dealkylation sites (tertiary alicyclic amines) is 1. The van der Waals surface area contributed by atoms with Crippen LogP contribution >= 0.6 is 0 Å². The molecule has 28 heavy (non-hydrogen) atoms. The maximum absolute atomic E-state index is 12.6. The van der Waals surface area contributed by atoms with Gasteiger partial charge in [-0.2, -0.15) is 0 Å². The number of nitrogens with zero attached hydrogens (tertiary/aromatic N) is 4. The highest BCUT2D eigenvalue weighted by Crippen LogP contribution is 2.42. The van der Waals surface area contributed by atoms with Crippen molar-refractivity contribution in [3.8, 4) is 0 Å². The largest absolute Gasteiger partial charge is 0.395 e. The zero-order chi connectivity index (χ0) is 19.4. The minimum Gasteiger partial charge on any atom is -0.395 e. The number of aliphatic hydroxyl groups excluding tert-OH is 1. The summed E-state index contributed by atoms with van der Waals surface area (Å²) in [6.07, 6.45) is 4.20. The maximum atomic E-state index is 12.6. The fourth-order valence-corrected chi connectivity index (χ4v) is 4.28. The van der Waals surface area contributed by atoms with Crippen molar-refractivity contribution < 1.29 is 9.90 Å². The number of anilines is 2. The number of carbonyl (C=O) groups excluding carboxylic acids is 1. The van der Waals surface area contributed by atoms with Crippen molar-refractivity contribution in [1.29, 1.82) is 0 Å². The van der Waals surface area contributed by atoms with Gasteiger partial charge >= 0.3 is 0 Å². The molecule has 2 aliphatic heterocycles. The summed E-state index contributed by atoms with van der Waals surface area (Å²) in [4.78, 5) is 25.5. The van der Waals surface area contributed by atoms with Crippen LogP contribution in [0.3, 0.4) is 0 Å². The summed E-state index contributed by atoms with van der Waals surface area (Å²) in [7, 11) is 0. The van der Waals surface area contributed by atoms with Crippen LogP contribution in [0.25, 0.3) is 0 Å². The van der Waals surface area contributed by atoms with Gasteiger partial charge in [0.15, 0.2) is 0 Å². The van der Waals surface area contributed by atoms with Gasteiger partial charge in [-0.25, -0.2) is 9.97 Å². The lowest BCUT2D eigenvalue weighted by molar-refractivity contribution is -0.128. The molecule has 2 aliphatic rings. The van der Waals surface area contributed by atoms with Crippen LogP contribution in [-0.4, -0.2) is 58.7 Å². The predicted octanol–water partition coefficient (Wildman–Crippen LogP) is 1.90. The van der Waals surface area contributed by atoms with E-state index in [9.17, 15) is 4.79 Å². The number of hydrogen-bond acceptors (Lipinski definition) is 6. The molecule has 2 N–H and O–H groups in total. The van der Waals surface area contributed by atoms with Gasteiger partial charge in [-0.3, -0.25) is 4.79 Å². The van der Waals surface area contributed by atoms with E-state index in [4.69, 9.17) is 5.11 Å². The molecule has 1 aromatic carbocycles. The number of benzene rings is 1. The molecule has 1 spiro atoms. The van der Waals surface area contributed by atoms with Gasteiger partial charge < -0.3 is 20.2 Å². The molecule has 0 unspecified atom stereocenters. The van der Waals surface area contributed by atoms with E-state index in [1.165, 1.54) is 5.56 Å². The zero-order valence-electron chi connectivity index (χ0n) is 16.0. The molecule has 1 aromatic heterocycles. The van der Waals surface area contributed by atoms with Crippen LogP contribution in [0, 0.1) is 5.41 Å². The van der Waals surface area contributed by atoms with Crippen molar-refractivity contribution in [1.82, 2.24) is 14.9 Å². The second kappa shape index (κ2) is 8.14. The van der Waals surface area contributed by atoms with Crippen LogP contribution in [0.4, 0.5) is 11.6 Å². The third kappa shape index (κ3) is 4.09. The molecule has 4 rings (SSSR count). The lowest BCUT2D eigenvalue weighted by Gasteiger charge is -2.39. The fraction of sp³-hybridized carbons (Fsp3) is 0.476. The van der Waals surface area contributed by atoms with Crippen LogP contribution in [0.1, 0.15) is 24.8 Å². The number of aromatic nitrogens is 2. The van der Waals surface area contributed by atoms with E-state index in [1.807, 2.05) is 29.2 Å². The van der Waals surface area contributed by atoms with Crippen LogP contribution < -0.4 is 10.2 Å². The lowest BCUT2D eigenvalue weighted by atomic mass is 9.77. The van der Waals surface area contributed by atoms with E-state index in [-0.39, 0.29) is 17.9 Å². The standard InChI is InChI=1S/C21H27N5O2/c27-11-8-22-18-12-19(24-16-23-18)25-9-6-21(7-10-25)13-20(28)26(15-21)14-17-4-2-1-3-5-17/h1-5,12,16,27H,6-11,13-15H2,(H,22,23,24). The predicted molar refractivity (Wildman–Crippen MR) is 108 cm³/mol. The van der Waals surface area contributed by atoms with Crippen molar-refractivity contribution in [2.45, 2.75) is 25.8 Å². The van der Waals surface area contributed by atoms with E-state index in [0.717, 1.165) is 44.1 Å². The number of aliphatic hydroxyl groups is 1. The Morgan fingerprint density at radius 3 is 2.68 bits per heavy atom. The first-order chi connectivity index (χ1) is 13.7. The third-order valence-corrected chi connectivity index (χ3v) is 5.84. The van der Waals surface area contributed by atoms with Gasteiger partial charge in [-0.05, 0) is 18.4 Å². The van der Waals surface area contributed by atoms with E-state index in [1.54, 1.807) is 6.33 Å². The molecular weight excluding hydrogens is 354 g/mol. The molecular formula is C21H27N5O2. The monoisotopic (exact) mass is 381 g/mol. The molecule has 2 saturated heterocycles. The Labute approximate surface area is 165 Å². The Morgan fingerprint density at radius 1 is 1.14 bits per heavy atom. The van der Waals surface area contributed by atoms with Gasteiger partial charge in [0.2, 0.25) is 5.91 Å². The van der Waals surface area contributed by atoms with Crippen LogP contribution in [0.2, 0.25) is 0 Å². The summed E-state index contributed by atoms with van der Waals surface area (Å²) in [5.41, 5.74) is 1.28. The molecule has 0 saturated carbocycles. The summed E-state index contributed by atoms with van der Waals surface area (Å²) >= 11 is 0. The Kier molecular flexibility index (Phi) is 5.43. The van der Waals surface area contributed by atoms with Gasteiger partial charge in [0, 0.05) is 50.6 Å². The van der Waals surface area contributed by atoms with E-state index in [2.05, 4.69) is 32.3 Å². The Balaban J connectivity index is 1.37. The van der Waals surface area contributed by atoms with Crippen molar-refractivity contribution in [2.75, 3.05) is 43.0 Å². The van der Waals surface area contributed by atoms with Crippen molar-refractivity contribution in [2.24, 2.45) is 5.41 Å². The third-order valence-electron chi connectivity index (χ3n) is 5.84. The van der Waals surface area contributed by atoms with Gasteiger partial charge in [-0.1, -0.05) is 30.3 Å². The lowest BCUT2D eigenvalue weighted by Crippen LogP contribution is -2.42. The fourth-order valence-electron chi connectivity index (χ4n) is 4.28. The summed E-state index contributed by atoms with van der Waals surface area (Å²) in [5.74, 6) is 1.90. The second-order valence-corrected chi connectivity index (χ2v) is 7.81. The molecule has 7 nitrogen and oxygen atoms in total. The maximum Gasteiger partial charge on any atom is 0.223 e. The van der Waals surface area contributed by atoms with E-state index >= 15 is 0 Å². The van der Waals surface area contributed by atoms with E-state index < -0.39 is 0 Å². The molecule has 7 heteroatoms. The molecule has 0 aliphatic carbocycles. The molecule has 148 valence electrons. The Bertz CT molecular complexity index is 805. The molecule has 2 fully saturated rings. The number of hydrogen-bond donors (Lipinski definition) is 2. The quantitative estimate of drug-likeness (QED) is 0.795. The summed E-state index contributed by atoms with van der Waals surface area (Å²) in [6, 6.07) is 12.1. The first-order valence-corrected chi connectivity index (χ1v) is 9.91. The summed E-state index contributed by atoms with van der Waals surface area (Å²) in [6.45, 7) is 3.88. The number of amides is 1. The molecule has 2 aromatic rings. The van der Waals surface area contributed by atoms with E-state index in [0.29, 0.717) is 19.5 Å². The molecule has 0 radical (unpaired) electrons. The SMILES string of the molecule is O=C1CC2(CCN(c3cc(NCCO)ncn3)CC2)CN1Cc1ccccc1. The number of rotatable bonds is 6. The van der Waals surface area contributed by atoms with Crippen molar-refractivity contribution in [3.05, 3.63) is 48.3 Å². The van der Waals surface area contributed by atoms with Gasteiger partial charge in [-0.15, -0.1) is 0 Å². The van der Waals surface area contributed by atoms with Crippen LogP contribution in [0.5, 0.6) is 0 Å². The molecule has 0 bridgehead atoms. The average molecular weight is 381 g/mol. The normalized spacial score (nSPS) is 18.7. The van der Waals surface area contributed by atoms with Crippen LogP contribution in [0.15, 0.2) is 42.7 Å². The average Bonchev–Trinajstić information content (AvgIpc) is 3.02. The molecule has 3 heterocycles. The van der Waals surface area contributed by atoms with Crippen molar-refractivity contribution >= 4 is 17.5 Å². The summed E-state index contributed by atoms with van der Waals surface area (Å²) in [5, 5.41) is 12.0. The Morgan fingerprint density at radius 2 is 1.93 bits per heavy atom. The summed E-state index contributed by atoms with van der Waals surface area (Å²) < 4.78 is 0. The number of carbonyl (C=O) groups is 1. The minimum atomic E-state index is 0.0685. The highest BCUT2D eigenvalue weighted by Gasteiger charge is 2.44. The zero-order valence-corrected chi connectivity index (χ0v) is 16.0. The van der Waals surface area contributed by atoms with Crippen molar-refractivity contribution in [3.63, 3.8) is 0 Å². The molecule has 0 atom stereocenters. The first kappa shape index (κ1) is 18.7. The highest BCUT2D eigenvalue weighted by atomic mass is 16.3. The highest BCUT2D eigenvalue weighted by molar-refractivity contribution is 5.79. The first-order valence-electron chi connectivity index (χ1n) is 9.91. The smallest absolute Gasteiger partial charge is 0.223 e. The molecule has 1 amide bonds. The van der Waals surface area contributed by atoms with Crippen LogP contribution in [-0.2, 0) is 11.3 Å². The minimum absolute atomic E-state index is 0.0685. The Hall–Kier alpha value is -2.67. The number of piperidine rings is 1. The van der Waals surface area contributed by atoms with Gasteiger partial charge in [0.1, 0.15) is 18.0 Å².